The van der Waals surface area contributed by atoms with E-state index in [4.69, 9.17) is 4.42 Å². The summed E-state index contributed by atoms with van der Waals surface area (Å²) in [6, 6.07) is 4.35. The second-order valence-electron chi connectivity index (χ2n) is 2.45. The van der Waals surface area contributed by atoms with Crippen molar-refractivity contribution in [2.75, 3.05) is 0 Å². The molecule has 0 radical (unpaired) electrons. The van der Waals surface area contributed by atoms with E-state index in [1.54, 1.807) is 6.07 Å². The first-order valence-electron chi connectivity index (χ1n) is 3.43. The minimum Gasteiger partial charge on any atom is -0.464 e. The Morgan fingerprint density at radius 1 is 1.42 bits per heavy atom. The lowest BCUT2D eigenvalue weighted by molar-refractivity contribution is 0.112. The van der Waals surface area contributed by atoms with Crippen molar-refractivity contribution in [2.24, 2.45) is 0 Å². The molecule has 1 heterocycles. The van der Waals surface area contributed by atoms with Gasteiger partial charge in [-0.1, -0.05) is 0 Å². The molecule has 0 aliphatic heterocycles. The molecular weight excluding hydrogens is 159 g/mol. The van der Waals surface area contributed by atoms with E-state index in [-0.39, 0.29) is 5.56 Å². The molecular formula is C9H5FO2. The fourth-order valence-corrected chi connectivity index (χ4v) is 1.09. The van der Waals surface area contributed by atoms with Crippen LogP contribution in [0.15, 0.2) is 28.9 Å². The molecule has 1 aromatic heterocycles. The fourth-order valence-electron chi connectivity index (χ4n) is 1.09. The van der Waals surface area contributed by atoms with Crippen molar-refractivity contribution in [1.29, 1.82) is 0 Å². The van der Waals surface area contributed by atoms with Crippen molar-refractivity contribution in [3.63, 3.8) is 0 Å². The van der Waals surface area contributed by atoms with Crippen LogP contribution in [0.3, 0.4) is 0 Å². The van der Waals surface area contributed by atoms with Crippen LogP contribution in [-0.2, 0) is 0 Å². The third-order valence-corrected chi connectivity index (χ3v) is 1.70. The van der Waals surface area contributed by atoms with E-state index in [0.717, 1.165) is 5.39 Å². The summed E-state index contributed by atoms with van der Waals surface area (Å²) in [6.07, 6.45) is 1.94. The SMILES string of the molecule is O=Cc1cc2ccoc2cc1F. The number of aldehydes is 1. The van der Waals surface area contributed by atoms with Crippen molar-refractivity contribution >= 4 is 17.3 Å². The van der Waals surface area contributed by atoms with Gasteiger partial charge < -0.3 is 4.42 Å². The first kappa shape index (κ1) is 7.03. The third-order valence-electron chi connectivity index (χ3n) is 1.70. The molecule has 0 N–H and O–H groups in total. The molecule has 2 nitrogen and oxygen atoms in total. The summed E-state index contributed by atoms with van der Waals surface area (Å²) in [6.45, 7) is 0. The smallest absolute Gasteiger partial charge is 0.153 e. The molecule has 2 aromatic rings. The van der Waals surface area contributed by atoms with Crippen LogP contribution in [0.5, 0.6) is 0 Å². The highest BCUT2D eigenvalue weighted by atomic mass is 19.1. The predicted molar refractivity (Wildman–Crippen MR) is 41.6 cm³/mol. The van der Waals surface area contributed by atoms with E-state index >= 15 is 0 Å². The molecule has 0 aliphatic rings. The Bertz CT molecular complexity index is 431. The number of halogens is 1. The van der Waals surface area contributed by atoms with E-state index in [0.29, 0.717) is 11.9 Å². The van der Waals surface area contributed by atoms with Crippen LogP contribution in [0.1, 0.15) is 10.4 Å². The number of carbonyl (C=O) groups excluding carboxylic acids is 1. The normalized spacial score (nSPS) is 10.4. The summed E-state index contributed by atoms with van der Waals surface area (Å²) in [4.78, 5) is 10.3. The quantitative estimate of drug-likeness (QED) is 0.605. The second kappa shape index (κ2) is 2.44. The predicted octanol–water partition coefficient (Wildman–Crippen LogP) is 2.38. The number of fused-ring (bicyclic) bond motifs is 1. The molecule has 0 bridgehead atoms. The molecule has 2 rings (SSSR count). The number of carbonyl (C=O) groups is 1. The maximum atomic E-state index is 12.9. The fraction of sp³-hybridized carbons (Fsp3) is 0. The zero-order valence-electron chi connectivity index (χ0n) is 6.08. The number of hydrogen-bond acceptors (Lipinski definition) is 2. The topological polar surface area (TPSA) is 30.2 Å². The van der Waals surface area contributed by atoms with Crippen molar-refractivity contribution in [3.05, 3.63) is 35.8 Å². The molecule has 3 heteroatoms. The van der Waals surface area contributed by atoms with E-state index < -0.39 is 5.82 Å². The van der Waals surface area contributed by atoms with Crippen LogP contribution in [0, 0.1) is 5.82 Å². The Kier molecular flexibility index (Phi) is 1.43. The van der Waals surface area contributed by atoms with Gasteiger partial charge in [0.05, 0.1) is 11.8 Å². The highest BCUT2D eigenvalue weighted by molar-refractivity contribution is 5.86. The number of furan rings is 1. The maximum absolute atomic E-state index is 12.9. The number of benzene rings is 1. The maximum Gasteiger partial charge on any atom is 0.153 e. The number of hydrogen-bond donors (Lipinski definition) is 0. The van der Waals surface area contributed by atoms with Crippen LogP contribution in [0.25, 0.3) is 11.0 Å². The van der Waals surface area contributed by atoms with Crippen molar-refractivity contribution in [1.82, 2.24) is 0 Å². The van der Waals surface area contributed by atoms with Crippen molar-refractivity contribution < 1.29 is 13.6 Å². The first-order valence-corrected chi connectivity index (χ1v) is 3.43. The lowest BCUT2D eigenvalue weighted by atomic mass is 10.2. The molecule has 0 atom stereocenters. The molecule has 0 saturated carbocycles. The molecule has 0 saturated heterocycles. The van der Waals surface area contributed by atoms with Gasteiger partial charge in [0.2, 0.25) is 0 Å². The average Bonchev–Trinajstić information content (AvgIpc) is 2.49. The Hall–Kier alpha value is -1.64. The molecule has 0 spiro atoms. The molecule has 0 amide bonds. The van der Waals surface area contributed by atoms with Crippen molar-refractivity contribution in [2.45, 2.75) is 0 Å². The minimum atomic E-state index is -0.549. The molecule has 1 aromatic carbocycles. The van der Waals surface area contributed by atoms with Gasteiger partial charge in [0.1, 0.15) is 11.4 Å². The monoisotopic (exact) mass is 164 g/mol. The van der Waals surface area contributed by atoms with Crippen LogP contribution < -0.4 is 0 Å². The molecule has 0 aliphatic carbocycles. The zero-order valence-corrected chi connectivity index (χ0v) is 6.08. The van der Waals surface area contributed by atoms with E-state index in [2.05, 4.69) is 0 Å². The summed E-state index contributed by atoms with van der Waals surface area (Å²) in [5, 5.41) is 0.735. The van der Waals surface area contributed by atoms with E-state index in [1.165, 1.54) is 18.4 Å². The second-order valence-corrected chi connectivity index (χ2v) is 2.45. The average molecular weight is 164 g/mol. The zero-order chi connectivity index (χ0) is 8.55. The minimum absolute atomic E-state index is 0.0592. The summed E-state index contributed by atoms with van der Waals surface area (Å²) in [5.41, 5.74) is 0.516. The lowest BCUT2D eigenvalue weighted by Gasteiger charge is -1.92. The third kappa shape index (κ3) is 0.906. The van der Waals surface area contributed by atoms with Gasteiger partial charge in [-0.25, -0.2) is 4.39 Å². The summed E-state index contributed by atoms with van der Waals surface area (Å²) in [5.74, 6) is -0.549. The van der Waals surface area contributed by atoms with Crippen LogP contribution in [0.4, 0.5) is 4.39 Å². The van der Waals surface area contributed by atoms with Crippen LogP contribution >= 0.6 is 0 Å². The molecule has 0 fully saturated rings. The Labute approximate surface area is 67.6 Å². The molecule has 60 valence electrons. The molecule has 0 unspecified atom stereocenters. The first-order chi connectivity index (χ1) is 5.81. The standard InChI is InChI=1S/C9H5FO2/c10-8-4-9-6(1-2-12-9)3-7(8)5-11/h1-5H. The lowest BCUT2D eigenvalue weighted by Crippen LogP contribution is -1.85. The van der Waals surface area contributed by atoms with Gasteiger partial charge in [-0.05, 0) is 12.1 Å². The Morgan fingerprint density at radius 3 is 3.00 bits per heavy atom. The Balaban J connectivity index is 2.81. The van der Waals surface area contributed by atoms with Gasteiger partial charge in [0.25, 0.3) is 0 Å². The highest BCUT2D eigenvalue weighted by Crippen LogP contribution is 2.18. The molecule has 12 heavy (non-hydrogen) atoms. The van der Waals surface area contributed by atoms with Crippen LogP contribution in [-0.4, -0.2) is 6.29 Å². The number of rotatable bonds is 1. The largest absolute Gasteiger partial charge is 0.464 e. The van der Waals surface area contributed by atoms with Gasteiger partial charge in [-0.2, -0.15) is 0 Å². The van der Waals surface area contributed by atoms with Crippen LogP contribution in [0.2, 0.25) is 0 Å². The summed E-state index contributed by atoms with van der Waals surface area (Å²) >= 11 is 0. The van der Waals surface area contributed by atoms with Gasteiger partial charge in [-0.3, -0.25) is 4.79 Å². The van der Waals surface area contributed by atoms with E-state index in [9.17, 15) is 9.18 Å². The van der Waals surface area contributed by atoms with Gasteiger partial charge >= 0.3 is 0 Å². The van der Waals surface area contributed by atoms with E-state index in [1.807, 2.05) is 0 Å². The summed E-state index contributed by atoms with van der Waals surface area (Å²) in [7, 11) is 0. The summed E-state index contributed by atoms with van der Waals surface area (Å²) < 4.78 is 17.8. The van der Waals surface area contributed by atoms with Gasteiger partial charge in [0, 0.05) is 11.5 Å². The van der Waals surface area contributed by atoms with Gasteiger partial charge in [-0.15, -0.1) is 0 Å². The van der Waals surface area contributed by atoms with Gasteiger partial charge in [0.15, 0.2) is 6.29 Å². The Morgan fingerprint density at radius 2 is 2.25 bits per heavy atom. The van der Waals surface area contributed by atoms with Crippen molar-refractivity contribution in [3.8, 4) is 0 Å². The highest BCUT2D eigenvalue weighted by Gasteiger charge is 2.04.